The van der Waals surface area contributed by atoms with Crippen LogP contribution in [-0.2, 0) is 14.8 Å². The highest BCUT2D eigenvalue weighted by Crippen LogP contribution is 2.24. The highest BCUT2D eigenvalue weighted by Gasteiger charge is 2.39. The van der Waals surface area contributed by atoms with Crippen LogP contribution in [0.2, 0.25) is 0 Å². The maximum Gasteiger partial charge on any atom is 0.279 e. The molecule has 26 heavy (non-hydrogen) atoms. The Hall–Kier alpha value is -1.48. The average Bonchev–Trinajstić information content (AvgIpc) is 3.18. The van der Waals surface area contributed by atoms with Crippen LogP contribution in [0.4, 0.5) is 5.69 Å². The van der Waals surface area contributed by atoms with Crippen LogP contribution in [0.1, 0.15) is 12.8 Å². The summed E-state index contributed by atoms with van der Waals surface area (Å²) in [6.45, 7) is 7.90. The van der Waals surface area contributed by atoms with E-state index >= 15 is 0 Å². The van der Waals surface area contributed by atoms with Gasteiger partial charge in [0, 0.05) is 38.4 Å². The van der Waals surface area contributed by atoms with Crippen molar-refractivity contribution < 1.29 is 17.7 Å². The minimum Gasteiger partial charge on any atom is -0.321 e. The first-order valence-electron chi connectivity index (χ1n) is 9.45. The Labute approximate surface area is 155 Å². The fourth-order valence-electron chi connectivity index (χ4n) is 4.29. The molecule has 0 aromatic heterocycles. The van der Waals surface area contributed by atoms with Crippen LogP contribution >= 0.6 is 0 Å². The largest absolute Gasteiger partial charge is 0.321 e. The summed E-state index contributed by atoms with van der Waals surface area (Å²) in [7, 11) is -3.46. The normalized spacial score (nSPS) is 29.0. The Morgan fingerprint density at radius 1 is 1.04 bits per heavy atom. The van der Waals surface area contributed by atoms with Gasteiger partial charge in [-0.3, -0.25) is 9.69 Å². The first-order valence-corrected chi connectivity index (χ1v) is 10.9. The summed E-state index contributed by atoms with van der Waals surface area (Å²) in [5, 5.41) is 2.92. The molecule has 0 radical (unpaired) electrons. The van der Waals surface area contributed by atoms with Crippen molar-refractivity contribution in [2.45, 2.75) is 17.7 Å². The quantitative estimate of drug-likeness (QED) is 0.759. The molecule has 4 heterocycles. The highest BCUT2D eigenvalue weighted by atomic mass is 32.2. The number of fused-ring (bicyclic) bond motifs is 3. The molecule has 1 N–H and O–H groups in total. The van der Waals surface area contributed by atoms with Crippen molar-refractivity contribution in [2.75, 3.05) is 64.2 Å². The van der Waals surface area contributed by atoms with Gasteiger partial charge in [-0.2, -0.15) is 4.31 Å². The molecule has 0 saturated carbocycles. The molecule has 8 heteroatoms. The number of rotatable bonds is 5. The molecule has 0 atom stereocenters. The topological polar surface area (TPSA) is 69.7 Å². The van der Waals surface area contributed by atoms with Gasteiger partial charge in [0.05, 0.1) is 24.5 Å². The second kappa shape index (κ2) is 6.92. The smallest absolute Gasteiger partial charge is 0.279 e. The minimum absolute atomic E-state index is 0.0314. The predicted octanol–water partition coefficient (Wildman–Crippen LogP) is 0.556. The first-order chi connectivity index (χ1) is 12.5. The van der Waals surface area contributed by atoms with E-state index in [0.717, 1.165) is 56.6 Å². The highest BCUT2D eigenvalue weighted by molar-refractivity contribution is 7.89. The monoisotopic (exact) mass is 379 g/mol. The van der Waals surface area contributed by atoms with Gasteiger partial charge in [-0.25, -0.2) is 8.42 Å². The number of carbonyl (C=O) groups is 1. The number of anilines is 1. The van der Waals surface area contributed by atoms with Gasteiger partial charge in [-0.1, -0.05) is 6.07 Å². The average molecular weight is 380 g/mol. The van der Waals surface area contributed by atoms with E-state index in [1.165, 1.54) is 4.31 Å². The summed E-state index contributed by atoms with van der Waals surface area (Å²) < 4.78 is 27.8. The van der Waals surface area contributed by atoms with E-state index in [0.29, 0.717) is 25.3 Å². The summed E-state index contributed by atoms with van der Waals surface area (Å²) in [6, 6.07) is 6.65. The molecule has 5 rings (SSSR count). The SMILES string of the molecule is O=C(C[N+]12CCN(CC1)CC2)Nc1cccc(S(=O)(=O)N2CCCC2)c1. The van der Waals surface area contributed by atoms with Crippen molar-refractivity contribution in [1.82, 2.24) is 9.21 Å². The summed E-state index contributed by atoms with van der Waals surface area (Å²) in [6.07, 6.45) is 1.82. The summed E-state index contributed by atoms with van der Waals surface area (Å²) in [4.78, 5) is 15.3. The van der Waals surface area contributed by atoms with Crippen LogP contribution < -0.4 is 5.32 Å². The molecule has 1 aromatic rings. The third-order valence-electron chi connectivity index (χ3n) is 5.97. The summed E-state index contributed by atoms with van der Waals surface area (Å²) >= 11 is 0. The first kappa shape index (κ1) is 17.9. The molecular weight excluding hydrogens is 352 g/mol. The van der Waals surface area contributed by atoms with E-state index in [-0.39, 0.29) is 10.8 Å². The summed E-state index contributed by atoms with van der Waals surface area (Å²) in [5.74, 6) is -0.0314. The van der Waals surface area contributed by atoms with Crippen molar-refractivity contribution in [3.63, 3.8) is 0 Å². The van der Waals surface area contributed by atoms with Crippen LogP contribution in [0.5, 0.6) is 0 Å². The zero-order valence-electron chi connectivity index (χ0n) is 15.1. The van der Waals surface area contributed by atoms with Gasteiger partial charge >= 0.3 is 0 Å². The molecule has 0 unspecified atom stereocenters. The van der Waals surface area contributed by atoms with Gasteiger partial charge in [0.1, 0.15) is 0 Å². The van der Waals surface area contributed by atoms with Crippen LogP contribution in [0.3, 0.4) is 0 Å². The predicted molar refractivity (Wildman–Crippen MR) is 99.2 cm³/mol. The number of carbonyl (C=O) groups excluding carboxylic acids is 1. The number of quaternary nitrogens is 1. The molecule has 0 spiro atoms. The molecule has 4 fully saturated rings. The van der Waals surface area contributed by atoms with Crippen LogP contribution in [-0.4, -0.2) is 86.9 Å². The molecule has 2 bridgehead atoms. The zero-order chi connectivity index (χ0) is 18.2. The fourth-order valence-corrected chi connectivity index (χ4v) is 5.85. The van der Waals surface area contributed by atoms with Gasteiger partial charge < -0.3 is 9.80 Å². The minimum atomic E-state index is -3.46. The van der Waals surface area contributed by atoms with E-state index in [2.05, 4.69) is 10.2 Å². The third-order valence-corrected chi connectivity index (χ3v) is 7.87. The van der Waals surface area contributed by atoms with Crippen molar-refractivity contribution >= 4 is 21.6 Å². The van der Waals surface area contributed by atoms with Crippen molar-refractivity contribution in [3.05, 3.63) is 24.3 Å². The van der Waals surface area contributed by atoms with Crippen LogP contribution in [0, 0.1) is 0 Å². The van der Waals surface area contributed by atoms with Gasteiger partial charge in [-0.15, -0.1) is 0 Å². The molecule has 1 amide bonds. The standard InChI is InChI=1S/C18H26N4O3S/c23-18(15-22-11-8-20(9-12-22)10-13-22)19-16-4-3-5-17(14-16)26(24,25)21-6-1-2-7-21/h3-5,14H,1-2,6-13,15H2/p+1. The van der Waals surface area contributed by atoms with Crippen molar-refractivity contribution in [1.29, 1.82) is 0 Å². The van der Waals surface area contributed by atoms with E-state index in [4.69, 9.17) is 0 Å². The zero-order valence-corrected chi connectivity index (χ0v) is 15.9. The van der Waals surface area contributed by atoms with E-state index in [1.807, 2.05) is 0 Å². The number of amides is 1. The number of hydrogen-bond donors (Lipinski definition) is 1. The maximum absolute atomic E-state index is 12.7. The fraction of sp³-hybridized carbons (Fsp3) is 0.611. The Balaban J connectivity index is 1.44. The molecule has 4 aliphatic heterocycles. The molecule has 142 valence electrons. The van der Waals surface area contributed by atoms with Gasteiger partial charge in [0.25, 0.3) is 5.91 Å². The van der Waals surface area contributed by atoms with Crippen molar-refractivity contribution in [3.8, 4) is 0 Å². The lowest BCUT2D eigenvalue weighted by Gasteiger charge is -2.50. The lowest BCUT2D eigenvalue weighted by atomic mass is 10.1. The second-order valence-corrected chi connectivity index (χ2v) is 9.64. The molecular formula is C18H27N4O3S+. The van der Waals surface area contributed by atoms with Gasteiger partial charge in [0.2, 0.25) is 10.0 Å². The van der Waals surface area contributed by atoms with E-state index in [9.17, 15) is 13.2 Å². The van der Waals surface area contributed by atoms with Crippen molar-refractivity contribution in [2.24, 2.45) is 0 Å². The molecule has 1 aromatic carbocycles. The molecule has 7 nitrogen and oxygen atoms in total. The Morgan fingerprint density at radius 2 is 1.69 bits per heavy atom. The number of benzene rings is 1. The molecule has 4 saturated heterocycles. The number of hydrogen-bond acceptors (Lipinski definition) is 4. The van der Waals surface area contributed by atoms with Gasteiger partial charge in [-0.05, 0) is 31.0 Å². The third kappa shape index (κ3) is 3.51. The van der Waals surface area contributed by atoms with Crippen LogP contribution in [0.15, 0.2) is 29.2 Å². The van der Waals surface area contributed by atoms with Crippen LogP contribution in [0.25, 0.3) is 0 Å². The lowest BCUT2D eigenvalue weighted by molar-refractivity contribution is -0.933. The Bertz CT molecular complexity index is 768. The maximum atomic E-state index is 12.7. The van der Waals surface area contributed by atoms with Gasteiger partial charge in [0.15, 0.2) is 6.54 Å². The number of nitrogens with one attached hydrogen (secondary N) is 1. The lowest BCUT2D eigenvalue weighted by Crippen LogP contribution is -2.68. The Morgan fingerprint density at radius 3 is 2.35 bits per heavy atom. The van der Waals surface area contributed by atoms with E-state index < -0.39 is 10.0 Å². The summed E-state index contributed by atoms with van der Waals surface area (Å²) in [5.41, 5.74) is 0.559. The number of piperazine rings is 3. The molecule has 0 aliphatic carbocycles. The molecule has 4 aliphatic rings. The van der Waals surface area contributed by atoms with E-state index in [1.54, 1.807) is 24.3 Å². The Kier molecular flexibility index (Phi) is 4.77. The second-order valence-electron chi connectivity index (χ2n) is 7.70. The number of sulfonamides is 1. The number of nitrogens with zero attached hydrogens (tertiary/aromatic N) is 3.